The van der Waals surface area contributed by atoms with Crippen molar-refractivity contribution in [1.29, 1.82) is 0 Å². The number of nitro groups is 1. The van der Waals surface area contributed by atoms with Crippen LogP contribution in [0.4, 0.5) is 21.5 Å². The lowest BCUT2D eigenvalue weighted by Gasteiger charge is -2.35. The predicted molar refractivity (Wildman–Crippen MR) is 151 cm³/mol. The van der Waals surface area contributed by atoms with Gasteiger partial charge in [-0.25, -0.2) is 14.4 Å². The second-order valence-electron chi connectivity index (χ2n) is 10.8. The Hall–Kier alpha value is -3.03. The lowest BCUT2D eigenvalue weighted by molar-refractivity contribution is -0.384. The van der Waals surface area contributed by atoms with E-state index in [2.05, 4.69) is 25.1 Å². The number of nitrogens with one attached hydrogen (secondary N) is 1. The van der Waals surface area contributed by atoms with Crippen molar-refractivity contribution in [2.75, 3.05) is 49.2 Å². The molecule has 2 bridgehead atoms. The van der Waals surface area contributed by atoms with Crippen molar-refractivity contribution in [3.63, 3.8) is 0 Å². The summed E-state index contributed by atoms with van der Waals surface area (Å²) in [6.45, 7) is 3.20. The zero-order valence-electron chi connectivity index (χ0n) is 22.0. The molecule has 3 fully saturated rings. The van der Waals surface area contributed by atoms with E-state index in [0.717, 1.165) is 50.9 Å². The summed E-state index contributed by atoms with van der Waals surface area (Å²) in [6.07, 6.45) is 2.76. The fourth-order valence-electron chi connectivity index (χ4n) is 6.52. The first-order chi connectivity index (χ1) is 19.1. The van der Waals surface area contributed by atoms with E-state index in [1.807, 2.05) is 7.05 Å². The van der Waals surface area contributed by atoms with Gasteiger partial charge in [-0.3, -0.25) is 19.7 Å². The van der Waals surface area contributed by atoms with Crippen LogP contribution in [-0.4, -0.2) is 75.8 Å². The maximum atomic E-state index is 14.4. The summed E-state index contributed by atoms with van der Waals surface area (Å²) in [4.78, 5) is 48.4. The number of benzene rings is 1. The summed E-state index contributed by atoms with van der Waals surface area (Å²) >= 11 is 7.37. The molecular formula is C26H31ClFN7O4S. The zero-order valence-corrected chi connectivity index (χ0v) is 23.5. The summed E-state index contributed by atoms with van der Waals surface area (Å²) in [7, 11) is 2.04. The van der Waals surface area contributed by atoms with Gasteiger partial charge in [0.05, 0.1) is 33.9 Å². The van der Waals surface area contributed by atoms with E-state index in [0.29, 0.717) is 5.69 Å². The number of non-ortho nitro benzene ring substituents is 1. The molecule has 214 valence electrons. The zero-order chi connectivity index (χ0) is 28.6. The van der Waals surface area contributed by atoms with Gasteiger partial charge in [0.15, 0.2) is 5.82 Å². The van der Waals surface area contributed by atoms with Crippen LogP contribution in [0.3, 0.4) is 0 Å². The topological polar surface area (TPSA) is 148 Å². The van der Waals surface area contributed by atoms with Crippen LogP contribution in [-0.2, 0) is 16.0 Å². The molecule has 0 spiro atoms. The third-order valence-corrected chi connectivity index (χ3v) is 9.97. The van der Waals surface area contributed by atoms with E-state index in [1.54, 1.807) is 6.07 Å². The minimum Gasteiger partial charge on any atom is -0.369 e. The van der Waals surface area contributed by atoms with Gasteiger partial charge < -0.3 is 20.9 Å². The minimum atomic E-state index is -0.577. The Morgan fingerprint density at radius 2 is 2.02 bits per heavy atom. The molecule has 2 amide bonds. The number of piperazine rings is 1. The Bertz CT molecular complexity index is 1310. The van der Waals surface area contributed by atoms with Crippen molar-refractivity contribution in [2.24, 2.45) is 29.4 Å². The monoisotopic (exact) mass is 591 g/mol. The highest BCUT2D eigenvalue weighted by molar-refractivity contribution is 8.00. The highest BCUT2D eigenvalue weighted by Crippen LogP contribution is 2.56. The summed E-state index contributed by atoms with van der Waals surface area (Å²) in [5, 5.41) is 14.3. The second kappa shape index (κ2) is 11.8. The normalized spacial score (nSPS) is 26.2. The average Bonchev–Trinajstić information content (AvgIpc) is 3.48. The third-order valence-electron chi connectivity index (χ3n) is 8.39. The number of likely N-dealkylation sites (N-methyl/N-ethyl adjacent to an activating group) is 1. The quantitative estimate of drug-likeness (QED) is 0.255. The molecule has 1 aromatic carbocycles. The summed E-state index contributed by atoms with van der Waals surface area (Å²) < 4.78 is 14.4. The van der Waals surface area contributed by atoms with Crippen molar-refractivity contribution in [1.82, 2.24) is 14.9 Å². The van der Waals surface area contributed by atoms with Crippen LogP contribution < -0.4 is 16.0 Å². The van der Waals surface area contributed by atoms with Gasteiger partial charge in [-0.05, 0) is 61.7 Å². The summed E-state index contributed by atoms with van der Waals surface area (Å²) in [5.41, 5.74) is 6.99. The Labute approximate surface area is 240 Å². The number of carbonyl (C=O) groups excluding carboxylic acids is 2. The molecule has 1 aromatic heterocycles. The van der Waals surface area contributed by atoms with Crippen LogP contribution in [0.15, 0.2) is 24.4 Å². The highest BCUT2D eigenvalue weighted by Gasteiger charge is 2.54. The minimum absolute atomic E-state index is 0.0603. The van der Waals surface area contributed by atoms with Gasteiger partial charge in [-0.15, -0.1) is 11.8 Å². The number of halogens is 2. The van der Waals surface area contributed by atoms with Gasteiger partial charge in [0.1, 0.15) is 0 Å². The molecule has 0 unspecified atom stereocenters. The van der Waals surface area contributed by atoms with Crippen LogP contribution in [0.5, 0.6) is 0 Å². The predicted octanol–water partition coefficient (Wildman–Crippen LogP) is 2.97. The molecule has 1 aliphatic heterocycles. The number of anilines is 2. The molecule has 5 rings (SSSR count). The number of amides is 2. The number of fused-ring (bicyclic) bond motifs is 2. The summed E-state index contributed by atoms with van der Waals surface area (Å²) in [6, 6.07) is 4.55. The largest absolute Gasteiger partial charge is 0.369 e. The van der Waals surface area contributed by atoms with E-state index in [-0.39, 0.29) is 63.7 Å². The van der Waals surface area contributed by atoms with E-state index < -0.39 is 16.6 Å². The van der Waals surface area contributed by atoms with Crippen molar-refractivity contribution in [3.8, 4) is 0 Å². The molecule has 3 N–H and O–H groups in total. The van der Waals surface area contributed by atoms with Crippen molar-refractivity contribution in [3.05, 3.63) is 51.3 Å². The second-order valence-corrected chi connectivity index (χ2v) is 12.3. The van der Waals surface area contributed by atoms with E-state index in [9.17, 15) is 24.1 Å². The van der Waals surface area contributed by atoms with Gasteiger partial charge in [0.25, 0.3) is 5.69 Å². The van der Waals surface area contributed by atoms with Crippen LogP contribution in [0.25, 0.3) is 0 Å². The Balaban J connectivity index is 1.26. The SMILES string of the molecule is CN1CCN(c2ccc([N+](=O)[O-])cc2NC(=O)CS[C@@H]2C[C@@H]3C[C@H]2[C@@H](Cc2nc(Cl)ncc2F)[C@H]3C(N)=O)CC1. The first-order valence-corrected chi connectivity index (χ1v) is 14.6. The molecule has 2 aromatic rings. The maximum Gasteiger partial charge on any atom is 0.271 e. The first-order valence-electron chi connectivity index (χ1n) is 13.2. The van der Waals surface area contributed by atoms with E-state index >= 15 is 0 Å². The maximum absolute atomic E-state index is 14.4. The molecule has 5 atom stereocenters. The fourth-order valence-corrected chi connectivity index (χ4v) is 8.05. The molecule has 2 heterocycles. The van der Waals surface area contributed by atoms with Crippen molar-refractivity contribution >= 4 is 52.2 Å². The van der Waals surface area contributed by atoms with Crippen molar-refractivity contribution in [2.45, 2.75) is 24.5 Å². The molecule has 2 saturated carbocycles. The lowest BCUT2D eigenvalue weighted by atomic mass is 9.76. The van der Waals surface area contributed by atoms with Crippen LogP contribution in [0.2, 0.25) is 5.28 Å². The molecule has 2 aliphatic carbocycles. The number of thioether (sulfide) groups is 1. The Kier molecular flexibility index (Phi) is 8.43. The highest BCUT2D eigenvalue weighted by atomic mass is 35.5. The van der Waals surface area contributed by atoms with Gasteiger partial charge in [0.2, 0.25) is 17.1 Å². The van der Waals surface area contributed by atoms with Gasteiger partial charge in [-0.2, -0.15) is 0 Å². The standard InChI is InChI=1S/C26H31ClFN7O4S/c1-33-4-6-34(7-5-33)21-3-2-15(35(38)39)10-20(21)31-23(36)13-40-22-9-14-8-16(22)17(24(14)25(29)37)11-19-18(28)12-30-26(27)32-19/h2-3,10,12,14,16-17,22,24H,4-9,11,13H2,1H3,(H2,29,37)(H,31,36)/t14-,16-,17+,22+,24-/m0/s1. The van der Waals surface area contributed by atoms with Crippen molar-refractivity contribution < 1.29 is 18.9 Å². The number of hydrogen-bond donors (Lipinski definition) is 2. The smallest absolute Gasteiger partial charge is 0.271 e. The molecule has 11 nitrogen and oxygen atoms in total. The molecular weight excluding hydrogens is 561 g/mol. The van der Waals surface area contributed by atoms with Crippen LogP contribution in [0.1, 0.15) is 18.5 Å². The third kappa shape index (κ3) is 6.01. The van der Waals surface area contributed by atoms with Gasteiger partial charge >= 0.3 is 0 Å². The molecule has 0 radical (unpaired) electrons. The number of nitrogens with zero attached hydrogens (tertiary/aromatic N) is 5. The Morgan fingerprint density at radius 1 is 1.27 bits per heavy atom. The number of nitro benzene ring substituents is 1. The van der Waals surface area contributed by atoms with E-state index in [4.69, 9.17) is 17.3 Å². The molecule has 14 heteroatoms. The molecule has 1 saturated heterocycles. The fraction of sp³-hybridized carbons (Fsp3) is 0.538. The number of primary amides is 1. The number of aromatic nitrogens is 2. The lowest BCUT2D eigenvalue weighted by Crippen LogP contribution is -2.44. The number of rotatable bonds is 9. The van der Waals surface area contributed by atoms with Gasteiger partial charge in [0, 0.05) is 49.5 Å². The number of nitrogens with two attached hydrogens (primary N) is 1. The van der Waals surface area contributed by atoms with Crippen LogP contribution >= 0.6 is 23.4 Å². The summed E-state index contributed by atoms with van der Waals surface area (Å²) in [5.74, 6) is -1.58. The van der Waals surface area contributed by atoms with Crippen LogP contribution in [0, 0.1) is 39.6 Å². The molecule has 3 aliphatic rings. The number of carbonyl (C=O) groups is 2. The average molecular weight is 592 g/mol. The first kappa shape index (κ1) is 28.5. The molecule has 40 heavy (non-hydrogen) atoms. The Morgan fingerprint density at radius 3 is 2.73 bits per heavy atom. The number of hydrogen-bond acceptors (Lipinski definition) is 9. The van der Waals surface area contributed by atoms with Gasteiger partial charge in [-0.1, -0.05) is 0 Å². The van der Waals surface area contributed by atoms with E-state index in [1.165, 1.54) is 23.9 Å².